The highest BCUT2D eigenvalue weighted by atomic mass is 32.1. The van der Waals surface area contributed by atoms with E-state index in [1.54, 1.807) is 0 Å². The molecule has 2 heterocycles. The second-order valence-electron chi connectivity index (χ2n) is 7.15. The van der Waals surface area contributed by atoms with E-state index in [0.29, 0.717) is 5.01 Å². The number of anilines is 2. The van der Waals surface area contributed by atoms with Crippen LogP contribution in [0.5, 0.6) is 0 Å². The van der Waals surface area contributed by atoms with Crippen LogP contribution in [0.1, 0.15) is 34.6 Å². The topological polar surface area (TPSA) is 62.3 Å². The Morgan fingerprint density at radius 1 is 1.15 bits per heavy atom. The molecule has 0 radical (unpaired) electrons. The summed E-state index contributed by atoms with van der Waals surface area (Å²) in [5.74, 6) is 0.273. The van der Waals surface area contributed by atoms with Gasteiger partial charge >= 0.3 is 0 Å². The van der Waals surface area contributed by atoms with Gasteiger partial charge in [-0.2, -0.15) is 0 Å². The van der Waals surface area contributed by atoms with E-state index in [0.717, 1.165) is 59.4 Å². The summed E-state index contributed by atoms with van der Waals surface area (Å²) in [6.45, 7) is 0.791. The van der Waals surface area contributed by atoms with Crippen molar-refractivity contribution in [2.75, 3.05) is 16.8 Å². The lowest BCUT2D eigenvalue weighted by Crippen LogP contribution is -2.36. The summed E-state index contributed by atoms with van der Waals surface area (Å²) in [5, 5.41) is 3.41. The van der Waals surface area contributed by atoms with Gasteiger partial charge in [-0.15, -0.1) is 11.3 Å². The molecule has 1 aliphatic heterocycles. The molecule has 0 atom stereocenters. The highest BCUT2D eigenvalue weighted by Gasteiger charge is 2.35. The summed E-state index contributed by atoms with van der Waals surface area (Å²) in [7, 11) is 0. The Kier molecular flexibility index (Phi) is 3.93. The van der Waals surface area contributed by atoms with Crippen LogP contribution >= 0.6 is 11.3 Å². The SMILES string of the molecule is O=C(Nc1ccc2c(c1)CCCN2C(=O)C1CC1)c1nc2ccccc2s1. The van der Waals surface area contributed by atoms with E-state index < -0.39 is 0 Å². The van der Waals surface area contributed by atoms with Gasteiger partial charge in [0, 0.05) is 23.8 Å². The number of aryl methyl sites for hydroxylation is 1. The number of hydrogen-bond acceptors (Lipinski definition) is 4. The van der Waals surface area contributed by atoms with Crippen LogP contribution in [-0.4, -0.2) is 23.3 Å². The lowest BCUT2D eigenvalue weighted by atomic mass is 10.0. The Bertz CT molecular complexity index is 1020. The second-order valence-corrected chi connectivity index (χ2v) is 8.18. The van der Waals surface area contributed by atoms with E-state index in [1.807, 2.05) is 47.4 Å². The van der Waals surface area contributed by atoms with Crippen LogP contribution in [0.3, 0.4) is 0 Å². The molecule has 5 nitrogen and oxygen atoms in total. The summed E-state index contributed by atoms with van der Waals surface area (Å²) >= 11 is 1.39. The van der Waals surface area contributed by atoms with E-state index in [2.05, 4.69) is 10.3 Å². The molecule has 1 N–H and O–H groups in total. The van der Waals surface area contributed by atoms with Gasteiger partial charge in [0.2, 0.25) is 5.91 Å². The van der Waals surface area contributed by atoms with Gasteiger partial charge in [0.05, 0.1) is 10.2 Å². The third-order valence-corrected chi connectivity index (χ3v) is 6.17. The number of rotatable bonds is 3. The van der Waals surface area contributed by atoms with Crippen molar-refractivity contribution >= 4 is 44.7 Å². The number of nitrogens with zero attached hydrogens (tertiary/aromatic N) is 2. The lowest BCUT2D eigenvalue weighted by molar-refractivity contribution is -0.119. The molecule has 0 saturated heterocycles. The number of fused-ring (bicyclic) bond motifs is 2. The van der Waals surface area contributed by atoms with Crippen LogP contribution < -0.4 is 10.2 Å². The molecule has 136 valence electrons. The van der Waals surface area contributed by atoms with E-state index >= 15 is 0 Å². The van der Waals surface area contributed by atoms with E-state index in [4.69, 9.17) is 0 Å². The second kappa shape index (κ2) is 6.46. The van der Waals surface area contributed by atoms with Gasteiger partial charge in [-0.25, -0.2) is 4.98 Å². The number of aromatic nitrogens is 1. The highest BCUT2D eigenvalue weighted by Crippen LogP contribution is 2.36. The summed E-state index contributed by atoms with van der Waals surface area (Å²) in [6.07, 6.45) is 3.91. The molecule has 2 aliphatic rings. The first-order chi connectivity index (χ1) is 13.2. The third-order valence-electron chi connectivity index (χ3n) is 5.14. The predicted octanol–water partition coefficient (Wildman–Crippen LogP) is 4.24. The molecule has 5 rings (SSSR count). The minimum atomic E-state index is -0.196. The van der Waals surface area contributed by atoms with Gasteiger partial charge in [0.15, 0.2) is 5.01 Å². The fourth-order valence-electron chi connectivity index (χ4n) is 3.61. The van der Waals surface area contributed by atoms with Crippen LogP contribution in [0.2, 0.25) is 0 Å². The van der Waals surface area contributed by atoms with Crippen LogP contribution in [0.4, 0.5) is 11.4 Å². The largest absolute Gasteiger partial charge is 0.320 e. The van der Waals surface area contributed by atoms with Gasteiger partial charge in [-0.05, 0) is 61.6 Å². The van der Waals surface area contributed by atoms with Crippen molar-refractivity contribution in [3.05, 3.63) is 53.0 Å². The van der Waals surface area contributed by atoms with E-state index in [-0.39, 0.29) is 17.7 Å². The number of thiazole rings is 1. The maximum atomic E-state index is 12.6. The van der Waals surface area contributed by atoms with Gasteiger partial charge in [0.1, 0.15) is 0 Å². The van der Waals surface area contributed by atoms with Gasteiger partial charge in [-0.1, -0.05) is 12.1 Å². The Labute approximate surface area is 161 Å². The van der Waals surface area contributed by atoms with Gasteiger partial charge in [0.25, 0.3) is 5.91 Å². The van der Waals surface area contributed by atoms with Crippen molar-refractivity contribution in [2.45, 2.75) is 25.7 Å². The first-order valence-electron chi connectivity index (χ1n) is 9.30. The number of hydrogen-bond donors (Lipinski definition) is 1. The molecule has 1 fully saturated rings. The number of nitrogens with one attached hydrogen (secondary N) is 1. The van der Waals surface area contributed by atoms with Crippen LogP contribution in [-0.2, 0) is 11.2 Å². The third kappa shape index (κ3) is 3.10. The summed E-state index contributed by atoms with van der Waals surface area (Å²) < 4.78 is 1.00. The molecular weight excluding hydrogens is 358 g/mol. The van der Waals surface area contributed by atoms with Crippen LogP contribution in [0, 0.1) is 5.92 Å². The number of carbonyl (C=O) groups excluding carboxylic acids is 2. The number of amides is 2. The highest BCUT2D eigenvalue weighted by molar-refractivity contribution is 7.20. The zero-order chi connectivity index (χ0) is 18.4. The fraction of sp³-hybridized carbons (Fsp3) is 0.286. The molecule has 27 heavy (non-hydrogen) atoms. The molecule has 1 saturated carbocycles. The van der Waals surface area contributed by atoms with Crippen molar-refractivity contribution in [3.63, 3.8) is 0 Å². The molecule has 1 aliphatic carbocycles. The Hall–Kier alpha value is -2.73. The van der Waals surface area contributed by atoms with Gasteiger partial charge < -0.3 is 10.2 Å². The number of carbonyl (C=O) groups is 2. The fourth-order valence-corrected chi connectivity index (χ4v) is 4.47. The first-order valence-corrected chi connectivity index (χ1v) is 10.1. The molecule has 0 bridgehead atoms. The Balaban J connectivity index is 1.38. The minimum absolute atomic E-state index is 0.196. The summed E-state index contributed by atoms with van der Waals surface area (Å²) in [6, 6.07) is 13.6. The van der Waals surface area contributed by atoms with Gasteiger partial charge in [-0.3, -0.25) is 9.59 Å². The zero-order valence-corrected chi connectivity index (χ0v) is 15.6. The van der Waals surface area contributed by atoms with Crippen molar-refractivity contribution < 1.29 is 9.59 Å². The molecule has 0 spiro atoms. The quantitative estimate of drug-likeness (QED) is 0.743. The summed E-state index contributed by atoms with van der Waals surface area (Å²) in [4.78, 5) is 31.4. The average Bonchev–Trinajstić information content (AvgIpc) is 3.45. The van der Waals surface area contributed by atoms with Crippen LogP contribution in [0.15, 0.2) is 42.5 Å². The van der Waals surface area contributed by atoms with Crippen molar-refractivity contribution in [2.24, 2.45) is 5.92 Å². The maximum absolute atomic E-state index is 12.6. The predicted molar refractivity (Wildman–Crippen MR) is 107 cm³/mol. The average molecular weight is 377 g/mol. The monoisotopic (exact) mass is 377 g/mol. The normalized spacial score (nSPS) is 16.2. The Morgan fingerprint density at radius 2 is 2.00 bits per heavy atom. The van der Waals surface area contributed by atoms with E-state index in [9.17, 15) is 9.59 Å². The molecule has 2 aromatic carbocycles. The van der Waals surface area contributed by atoms with Crippen molar-refractivity contribution in [3.8, 4) is 0 Å². The molecular formula is C21H19N3O2S. The van der Waals surface area contributed by atoms with E-state index in [1.165, 1.54) is 11.3 Å². The summed E-state index contributed by atoms with van der Waals surface area (Å²) in [5.41, 5.74) is 3.71. The van der Waals surface area contributed by atoms with Crippen molar-refractivity contribution in [1.82, 2.24) is 4.98 Å². The first kappa shape index (κ1) is 16.4. The smallest absolute Gasteiger partial charge is 0.284 e. The molecule has 0 unspecified atom stereocenters. The molecule has 2 amide bonds. The lowest BCUT2D eigenvalue weighted by Gasteiger charge is -2.30. The molecule has 3 aromatic rings. The molecule has 1 aromatic heterocycles. The minimum Gasteiger partial charge on any atom is -0.320 e. The standard InChI is InChI=1S/C21H19N3O2S/c25-19(20-23-16-5-1-2-6-18(16)27-20)22-15-9-10-17-14(12-15)4-3-11-24(17)21(26)13-7-8-13/h1-2,5-6,9-10,12-13H,3-4,7-8,11H2,(H,22,25). The van der Waals surface area contributed by atoms with Crippen molar-refractivity contribution in [1.29, 1.82) is 0 Å². The molecule has 6 heteroatoms. The number of para-hydroxylation sites is 1. The zero-order valence-electron chi connectivity index (χ0n) is 14.8. The Morgan fingerprint density at radius 3 is 2.81 bits per heavy atom. The number of benzene rings is 2. The maximum Gasteiger partial charge on any atom is 0.284 e. The van der Waals surface area contributed by atoms with Crippen LogP contribution in [0.25, 0.3) is 10.2 Å².